The summed E-state index contributed by atoms with van der Waals surface area (Å²) in [4.78, 5) is 4.51. The van der Waals surface area contributed by atoms with Crippen LogP contribution in [0.25, 0.3) is 11.4 Å². The number of aromatic nitrogens is 2. The maximum atomic E-state index is 5.37. The number of benzene rings is 1. The van der Waals surface area contributed by atoms with E-state index < -0.39 is 0 Å². The quantitative estimate of drug-likeness (QED) is 0.944. The Balaban J connectivity index is 1.80. The van der Waals surface area contributed by atoms with Crippen LogP contribution in [0.1, 0.15) is 17.9 Å². The molecule has 0 radical (unpaired) electrons. The Morgan fingerprint density at radius 2 is 2.37 bits per heavy atom. The van der Waals surface area contributed by atoms with Crippen molar-refractivity contribution in [3.8, 4) is 11.4 Å². The summed E-state index contributed by atoms with van der Waals surface area (Å²) >= 11 is 3.46. The van der Waals surface area contributed by atoms with E-state index in [1.807, 2.05) is 12.1 Å². The largest absolute Gasteiger partial charge is 0.339 e. The minimum atomic E-state index is 0.624. The molecule has 100 valence electrons. The number of halogens is 1. The standard InChI is InChI=1S/C14H16BrN3O/c1-9-6-11(15)2-3-12(9)14-17-13(19-18-14)7-10-4-5-16-8-10/h2-3,6,10,16H,4-5,7-8H2,1H3. The van der Waals surface area contributed by atoms with Gasteiger partial charge in [-0.25, -0.2) is 0 Å². The van der Waals surface area contributed by atoms with E-state index in [1.54, 1.807) is 0 Å². The summed E-state index contributed by atoms with van der Waals surface area (Å²) < 4.78 is 6.43. The van der Waals surface area contributed by atoms with Crippen LogP contribution in [0.2, 0.25) is 0 Å². The summed E-state index contributed by atoms with van der Waals surface area (Å²) in [6.07, 6.45) is 2.06. The van der Waals surface area contributed by atoms with Gasteiger partial charge in [0.05, 0.1) is 0 Å². The van der Waals surface area contributed by atoms with Gasteiger partial charge in [-0.2, -0.15) is 4.98 Å². The topological polar surface area (TPSA) is 51.0 Å². The first-order valence-electron chi connectivity index (χ1n) is 6.52. The van der Waals surface area contributed by atoms with Gasteiger partial charge in [0.25, 0.3) is 0 Å². The fraction of sp³-hybridized carbons (Fsp3) is 0.429. The van der Waals surface area contributed by atoms with Crippen LogP contribution in [0.3, 0.4) is 0 Å². The predicted molar refractivity (Wildman–Crippen MR) is 76.9 cm³/mol. The Kier molecular flexibility index (Phi) is 3.66. The summed E-state index contributed by atoms with van der Waals surface area (Å²) in [5.74, 6) is 2.05. The molecule has 5 heteroatoms. The lowest BCUT2D eigenvalue weighted by atomic mass is 10.1. The van der Waals surface area contributed by atoms with Gasteiger partial charge >= 0.3 is 0 Å². The molecule has 2 aromatic rings. The van der Waals surface area contributed by atoms with Crippen molar-refractivity contribution >= 4 is 15.9 Å². The number of nitrogens with zero attached hydrogens (tertiary/aromatic N) is 2. The summed E-state index contributed by atoms with van der Waals surface area (Å²) in [6, 6.07) is 6.08. The third kappa shape index (κ3) is 2.87. The Morgan fingerprint density at radius 1 is 1.47 bits per heavy atom. The van der Waals surface area contributed by atoms with Gasteiger partial charge in [0.1, 0.15) is 0 Å². The third-order valence-corrected chi connectivity index (χ3v) is 4.02. The summed E-state index contributed by atoms with van der Waals surface area (Å²) in [5.41, 5.74) is 2.17. The van der Waals surface area contributed by atoms with Crippen LogP contribution in [-0.4, -0.2) is 23.2 Å². The highest BCUT2D eigenvalue weighted by atomic mass is 79.9. The molecule has 1 aromatic carbocycles. The molecular weight excluding hydrogens is 306 g/mol. The average molecular weight is 322 g/mol. The maximum absolute atomic E-state index is 5.37. The number of aryl methyl sites for hydroxylation is 1. The molecule has 1 aliphatic heterocycles. The van der Waals surface area contributed by atoms with Gasteiger partial charge in [0.15, 0.2) is 0 Å². The van der Waals surface area contributed by atoms with Crippen LogP contribution < -0.4 is 5.32 Å². The van der Waals surface area contributed by atoms with E-state index in [2.05, 4.69) is 44.4 Å². The maximum Gasteiger partial charge on any atom is 0.227 e. The Hall–Kier alpha value is -1.20. The first-order valence-corrected chi connectivity index (χ1v) is 7.31. The second kappa shape index (κ2) is 5.43. The second-order valence-corrected chi connectivity index (χ2v) is 5.95. The number of hydrogen-bond acceptors (Lipinski definition) is 4. The Labute approximate surface area is 120 Å². The molecule has 0 spiro atoms. The zero-order valence-electron chi connectivity index (χ0n) is 10.8. The molecule has 1 fully saturated rings. The van der Waals surface area contributed by atoms with E-state index >= 15 is 0 Å². The minimum Gasteiger partial charge on any atom is -0.339 e. The van der Waals surface area contributed by atoms with E-state index in [9.17, 15) is 0 Å². The van der Waals surface area contributed by atoms with Crippen LogP contribution in [0.5, 0.6) is 0 Å². The van der Waals surface area contributed by atoms with Crippen molar-refractivity contribution in [2.75, 3.05) is 13.1 Å². The molecule has 19 heavy (non-hydrogen) atoms. The molecule has 1 atom stereocenters. The van der Waals surface area contributed by atoms with Crippen molar-refractivity contribution in [1.29, 1.82) is 0 Å². The summed E-state index contributed by atoms with van der Waals surface area (Å²) in [5, 5.41) is 7.45. The highest BCUT2D eigenvalue weighted by Gasteiger charge is 2.19. The van der Waals surface area contributed by atoms with Crippen LogP contribution >= 0.6 is 15.9 Å². The Bertz CT molecular complexity index is 576. The molecule has 1 unspecified atom stereocenters. The highest BCUT2D eigenvalue weighted by molar-refractivity contribution is 9.10. The highest BCUT2D eigenvalue weighted by Crippen LogP contribution is 2.24. The lowest BCUT2D eigenvalue weighted by Crippen LogP contribution is -2.10. The van der Waals surface area contributed by atoms with E-state index in [-0.39, 0.29) is 0 Å². The molecule has 0 amide bonds. The average Bonchev–Trinajstić information content (AvgIpc) is 3.01. The van der Waals surface area contributed by atoms with Gasteiger partial charge in [0, 0.05) is 16.5 Å². The van der Waals surface area contributed by atoms with Crippen molar-refractivity contribution in [2.45, 2.75) is 19.8 Å². The van der Waals surface area contributed by atoms with Crippen molar-refractivity contribution in [3.05, 3.63) is 34.1 Å². The first-order chi connectivity index (χ1) is 9.22. The van der Waals surface area contributed by atoms with Crippen molar-refractivity contribution in [1.82, 2.24) is 15.5 Å². The van der Waals surface area contributed by atoms with E-state index in [0.29, 0.717) is 11.7 Å². The van der Waals surface area contributed by atoms with E-state index in [0.717, 1.165) is 41.0 Å². The normalized spacial score (nSPS) is 18.9. The molecule has 0 bridgehead atoms. The van der Waals surface area contributed by atoms with Crippen molar-refractivity contribution < 1.29 is 4.52 Å². The van der Waals surface area contributed by atoms with Crippen LogP contribution in [0.4, 0.5) is 0 Å². The molecule has 2 heterocycles. The number of rotatable bonds is 3. The monoisotopic (exact) mass is 321 g/mol. The second-order valence-electron chi connectivity index (χ2n) is 5.03. The first kappa shape index (κ1) is 12.8. The lowest BCUT2D eigenvalue weighted by Gasteiger charge is -2.02. The van der Waals surface area contributed by atoms with Gasteiger partial charge in [-0.15, -0.1) is 0 Å². The van der Waals surface area contributed by atoms with Gasteiger partial charge in [-0.3, -0.25) is 0 Å². The zero-order valence-corrected chi connectivity index (χ0v) is 12.4. The molecule has 1 aromatic heterocycles. The van der Waals surface area contributed by atoms with Gasteiger partial charge < -0.3 is 9.84 Å². The van der Waals surface area contributed by atoms with E-state index in [1.165, 1.54) is 6.42 Å². The Morgan fingerprint density at radius 3 is 3.11 bits per heavy atom. The molecule has 0 saturated carbocycles. The van der Waals surface area contributed by atoms with Gasteiger partial charge in [0.2, 0.25) is 11.7 Å². The number of nitrogens with one attached hydrogen (secondary N) is 1. The van der Waals surface area contributed by atoms with E-state index in [4.69, 9.17) is 4.52 Å². The molecule has 0 aliphatic carbocycles. The summed E-state index contributed by atoms with van der Waals surface area (Å²) in [6.45, 7) is 4.20. The van der Waals surface area contributed by atoms with Gasteiger partial charge in [-0.1, -0.05) is 21.1 Å². The van der Waals surface area contributed by atoms with Crippen LogP contribution in [0.15, 0.2) is 27.2 Å². The summed E-state index contributed by atoms with van der Waals surface area (Å²) in [7, 11) is 0. The molecule has 1 aliphatic rings. The lowest BCUT2D eigenvalue weighted by molar-refractivity contribution is 0.358. The fourth-order valence-electron chi connectivity index (χ4n) is 2.46. The predicted octanol–water partition coefficient (Wildman–Crippen LogP) is 2.96. The fourth-order valence-corrected chi connectivity index (χ4v) is 2.94. The third-order valence-electron chi connectivity index (χ3n) is 3.52. The smallest absolute Gasteiger partial charge is 0.227 e. The SMILES string of the molecule is Cc1cc(Br)ccc1-c1noc(CC2CCNC2)n1. The van der Waals surface area contributed by atoms with Crippen LogP contribution in [0, 0.1) is 12.8 Å². The van der Waals surface area contributed by atoms with Gasteiger partial charge in [-0.05, 0) is 56.1 Å². The zero-order chi connectivity index (χ0) is 13.2. The van der Waals surface area contributed by atoms with Crippen molar-refractivity contribution in [3.63, 3.8) is 0 Å². The molecular formula is C14H16BrN3O. The van der Waals surface area contributed by atoms with Crippen molar-refractivity contribution in [2.24, 2.45) is 5.92 Å². The molecule has 1 saturated heterocycles. The molecule has 1 N–H and O–H groups in total. The van der Waals surface area contributed by atoms with Crippen LogP contribution in [-0.2, 0) is 6.42 Å². The number of hydrogen-bond donors (Lipinski definition) is 1. The molecule has 4 nitrogen and oxygen atoms in total. The minimum absolute atomic E-state index is 0.624. The molecule has 3 rings (SSSR count).